The molecule has 110 valence electrons. The molecule has 2 aromatic carbocycles. The minimum atomic E-state index is -0.542. The average Bonchev–Trinajstić information content (AvgIpc) is 2.54. The summed E-state index contributed by atoms with van der Waals surface area (Å²) in [5.74, 6) is -0.0338. The van der Waals surface area contributed by atoms with Gasteiger partial charge >= 0.3 is 0 Å². The van der Waals surface area contributed by atoms with Gasteiger partial charge in [0, 0.05) is 0 Å². The van der Waals surface area contributed by atoms with E-state index >= 15 is 0 Å². The van der Waals surface area contributed by atoms with Crippen molar-refractivity contribution < 1.29 is 5.21 Å². The van der Waals surface area contributed by atoms with E-state index in [1.165, 1.54) is 0 Å². The van der Waals surface area contributed by atoms with Crippen molar-refractivity contribution in [1.82, 2.24) is 9.71 Å². The molecule has 1 aromatic heterocycles. The van der Waals surface area contributed by atoms with Crippen molar-refractivity contribution in [2.75, 3.05) is 5.43 Å². The van der Waals surface area contributed by atoms with Gasteiger partial charge in [-0.05, 0) is 30.2 Å². The minimum absolute atomic E-state index is 0.0338. The lowest BCUT2D eigenvalue weighted by Gasteiger charge is -2.06. The predicted octanol–water partition coefficient (Wildman–Crippen LogP) is 2.39. The van der Waals surface area contributed by atoms with E-state index < -0.39 is 5.56 Å². The number of hydrogen-bond acceptors (Lipinski definition) is 5. The number of hydrogen-bond donors (Lipinski definition) is 2. The summed E-state index contributed by atoms with van der Waals surface area (Å²) in [7, 11) is 0. The third-order valence-corrected chi connectivity index (χ3v) is 3.31. The van der Waals surface area contributed by atoms with Crippen LogP contribution < -0.4 is 11.0 Å². The van der Waals surface area contributed by atoms with Gasteiger partial charge in [0.2, 0.25) is 0 Å². The highest BCUT2D eigenvalue weighted by Crippen LogP contribution is 2.10. The van der Waals surface area contributed by atoms with Gasteiger partial charge in [-0.25, -0.2) is 10.4 Å². The lowest BCUT2D eigenvalue weighted by molar-refractivity contribution is 0.179. The van der Waals surface area contributed by atoms with Crippen LogP contribution in [0.1, 0.15) is 11.1 Å². The van der Waals surface area contributed by atoms with Crippen molar-refractivity contribution in [1.29, 1.82) is 0 Å². The van der Waals surface area contributed by atoms with E-state index in [0.717, 1.165) is 11.1 Å². The van der Waals surface area contributed by atoms with Gasteiger partial charge in [0.05, 0.1) is 17.1 Å². The van der Waals surface area contributed by atoms with Crippen LogP contribution >= 0.6 is 0 Å². The summed E-state index contributed by atoms with van der Waals surface area (Å²) in [4.78, 5) is 16.2. The molecule has 0 aliphatic heterocycles. The van der Waals surface area contributed by atoms with Crippen molar-refractivity contribution in [2.45, 2.75) is 6.92 Å². The van der Waals surface area contributed by atoms with Crippen molar-refractivity contribution >= 4 is 23.1 Å². The van der Waals surface area contributed by atoms with E-state index in [9.17, 15) is 10.0 Å². The predicted molar refractivity (Wildman–Crippen MR) is 85.6 cm³/mol. The molecule has 0 bridgehead atoms. The smallest absolute Gasteiger partial charge is 0.295 e. The minimum Gasteiger partial charge on any atom is -0.422 e. The fourth-order valence-corrected chi connectivity index (χ4v) is 2.09. The quantitative estimate of drug-likeness (QED) is 0.441. The molecule has 0 atom stereocenters. The molecule has 0 aliphatic carbocycles. The van der Waals surface area contributed by atoms with Crippen LogP contribution in [0.15, 0.2) is 58.4 Å². The van der Waals surface area contributed by atoms with Crippen LogP contribution in [0.25, 0.3) is 10.9 Å². The number of aromatic nitrogens is 2. The fraction of sp³-hybridized carbons (Fsp3) is 0.0625. The molecule has 0 saturated carbocycles. The summed E-state index contributed by atoms with van der Waals surface area (Å²) in [6.07, 6.45) is 1.61. The van der Waals surface area contributed by atoms with E-state index in [-0.39, 0.29) is 5.95 Å². The summed E-state index contributed by atoms with van der Waals surface area (Å²) < 4.78 is 0.456. The summed E-state index contributed by atoms with van der Waals surface area (Å²) in [5.41, 5.74) is 4.55. The highest BCUT2D eigenvalue weighted by atomic mass is 16.5. The van der Waals surface area contributed by atoms with Gasteiger partial charge in [0.1, 0.15) is 0 Å². The zero-order chi connectivity index (χ0) is 15.5. The highest BCUT2D eigenvalue weighted by Gasteiger charge is 2.08. The fourth-order valence-electron chi connectivity index (χ4n) is 2.09. The first-order valence-electron chi connectivity index (χ1n) is 6.72. The van der Waals surface area contributed by atoms with E-state index in [1.807, 2.05) is 31.2 Å². The van der Waals surface area contributed by atoms with Gasteiger partial charge in [-0.3, -0.25) is 4.79 Å². The third-order valence-electron chi connectivity index (χ3n) is 3.31. The molecule has 0 spiro atoms. The number of rotatable bonds is 3. The van der Waals surface area contributed by atoms with Crippen LogP contribution in [0.5, 0.6) is 0 Å². The van der Waals surface area contributed by atoms with Crippen molar-refractivity contribution in [2.24, 2.45) is 5.10 Å². The lowest BCUT2D eigenvalue weighted by atomic mass is 10.1. The number of aryl methyl sites for hydroxylation is 1. The number of benzene rings is 2. The van der Waals surface area contributed by atoms with Crippen LogP contribution in [0.2, 0.25) is 0 Å². The molecule has 0 aliphatic rings. The Morgan fingerprint density at radius 2 is 1.91 bits per heavy atom. The molecule has 0 amide bonds. The van der Waals surface area contributed by atoms with E-state index in [4.69, 9.17) is 0 Å². The molecule has 0 fully saturated rings. The Kier molecular flexibility index (Phi) is 3.57. The van der Waals surface area contributed by atoms with E-state index in [1.54, 1.807) is 30.5 Å². The summed E-state index contributed by atoms with van der Waals surface area (Å²) in [6.45, 7) is 1.97. The Morgan fingerprint density at radius 3 is 2.73 bits per heavy atom. The number of fused-ring (bicyclic) bond motifs is 1. The Bertz CT molecular complexity index is 915. The van der Waals surface area contributed by atoms with Gasteiger partial charge in [0.15, 0.2) is 0 Å². The molecule has 0 unspecified atom stereocenters. The highest BCUT2D eigenvalue weighted by molar-refractivity contribution is 5.82. The SMILES string of the molecule is Cc1ccccc1/C=N\Nc1nc2ccccc2c(=O)n1O. The molecule has 0 saturated heterocycles. The molecule has 22 heavy (non-hydrogen) atoms. The maximum absolute atomic E-state index is 12.0. The van der Waals surface area contributed by atoms with Crippen molar-refractivity contribution in [3.05, 3.63) is 70.0 Å². The van der Waals surface area contributed by atoms with Gasteiger partial charge in [-0.1, -0.05) is 36.4 Å². The Labute approximate surface area is 126 Å². The van der Waals surface area contributed by atoms with Crippen LogP contribution in [0, 0.1) is 6.92 Å². The molecule has 1 heterocycles. The van der Waals surface area contributed by atoms with Crippen LogP contribution in [0.4, 0.5) is 5.95 Å². The normalized spacial score (nSPS) is 11.1. The number of para-hydroxylation sites is 1. The molecule has 6 nitrogen and oxygen atoms in total. The first kappa shape index (κ1) is 13.8. The topological polar surface area (TPSA) is 79.5 Å². The maximum Gasteiger partial charge on any atom is 0.295 e. The first-order chi connectivity index (χ1) is 10.7. The lowest BCUT2D eigenvalue weighted by Crippen LogP contribution is -2.22. The molecule has 3 aromatic rings. The average molecular weight is 294 g/mol. The summed E-state index contributed by atoms with van der Waals surface area (Å²) in [5, 5.41) is 14.2. The molecule has 6 heteroatoms. The molecule has 3 rings (SSSR count). The number of nitrogens with zero attached hydrogens (tertiary/aromatic N) is 3. The van der Waals surface area contributed by atoms with E-state index in [2.05, 4.69) is 15.5 Å². The van der Waals surface area contributed by atoms with Crippen LogP contribution in [0.3, 0.4) is 0 Å². The van der Waals surface area contributed by atoms with Gasteiger partial charge in [-0.2, -0.15) is 5.10 Å². The Morgan fingerprint density at radius 1 is 1.18 bits per heavy atom. The summed E-state index contributed by atoms with van der Waals surface area (Å²) >= 11 is 0. The second-order valence-corrected chi connectivity index (χ2v) is 4.80. The number of anilines is 1. The second kappa shape index (κ2) is 5.69. The summed E-state index contributed by atoms with van der Waals surface area (Å²) in [6, 6.07) is 14.5. The van der Waals surface area contributed by atoms with Gasteiger partial charge < -0.3 is 5.21 Å². The monoisotopic (exact) mass is 294 g/mol. The maximum atomic E-state index is 12.0. The Balaban J connectivity index is 1.93. The third kappa shape index (κ3) is 2.54. The first-order valence-corrected chi connectivity index (χ1v) is 6.72. The zero-order valence-corrected chi connectivity index (χ0v) is 11.9. The largest absolute Gasteiger partial charge is 0.422 e. The molecular weight excluding hydrogens is 280 g/mol. The van der Waals surface area contributed by atoms with Gasteiger partial charge in [0.25, 0.3) is 11.5 Å². The Hall–Kier alpha value is -3.15. The van der Waals surface area contributed by atoms with Crippen LogP contribution in [-0.4, -0.2) is 21.1 Å². The molecule has 0 radical (unpaired) electrons. The standard InChI is InChI=1S/C16H14N4O2/c1-11-6-2-3-7-12(11)10-17-19-16-18-14-9-5-4-8-13(14)15(21)20(16)22/h2-10,22H,1H3,(H,18,19)/b17-10-. The second-order valence-electron chi connectivity index (χ2n) is 4.80. The van der Waals surface area contributed by atoms with Crippen LogP contribution in [-0.2, 0) is 0 Å². The molecular formula is C16H14N4O2. The van der Waals surface area contributed by atoms with Crippen molar-refractivity contribution in [3.63, 3.8) is 0 Å². The van der Waals surface area contributed by atoms with Gasteiger partial charge in [-0.15, -0.1) is 4.73 Å². The van der Waals surface area contributed by atoms with E-state index in [0.29, 0.717) is 15.6 Å². The zero-order valence-electron chi connectivity index (χ0n) is 11.9. The number of hydrazone groups is 1. The number of nitrogens with one attached hydrogen (secondary N) is 1. The van der Waals surface area contributed by atoms with Crippen molar-refractivity contribution in [3.8, 4) is 0 Å². The molecule has 2 N–H and O–H groups in total.